The van der Waals surface area contributed by atoms with E-state index in [-0.39, 0.29) is 22.2 Å². The molecule has 0 aromatic heterocycles. The number of allylic oxidation sites excluding steroid dienone is 3. The van der Waals surface area contributed by atoms with Crippen LogP contribution in [0.25, 0.3) is 0 Å². The standard InChI is InChI=1S/C21H32O2/c1-6-19(2)13-10-16-15(14-19)8-9-17-20(16,3)11-7-12-21(17,4)18(22)23-5/h6,17H,1,7-14H2,2-5H3/t17?,19-,20+,21+/m0/s1. The van der Waals surface area contributed by atoms with Crippen molar-refractivity contribution in [3.05, 3.63) is 23.8 Å². The normalized spacial score (nSPS) is 43.4. The van der Waals surface area contributed by atoms with Gasteiger partial charge in [-0.3, -0.25) is 4.79 Å². The summed E-state index contributed by atoms with van der Waals surface area (Å²) in [5, 5.41) is 0. The summed E-state index contributed by atoms with van der Waals surface area (Å²) in [7, 11) is 1.54. The molecule has 1 saturated carbocycles. The van der Waals surface area contributed by atoms with E-state index in [0.717, 1.165) is 25.7 Å². The van der Waals surface area contributed by atoms with Crippen LogP contribution in [0.4, 0.5) is 0 Å². The summed E-state index contributed by atoms with van der Waals surface area (Å²) < 4.78 is 5.20. The third kappa shape index (κ3) is 2.40. The van der Waals surface area contributed by atoms with Crippen LogP contribution in [0.5, 0.6) is 0 Å². The van der Waals surface area contributed by atoms with E-state index in [1.807, 2.05) is 0 Å². The Kier molecular flexibility index (Phi) is 4.01. The van der Waals surface area contributed by atoms with Gasteiger partial charge in [-0.1, -0.05) is 37.5 Å². The molecule has 3 rings (SSSR count). The molecule has 0 spiro atoms. The SMILES string of the molecule is C=C[C@@]1(C)CCC2=C(CCC3[C@](C)(C(=O)OC)CCC[C@]23C)C1. The van der Waals surface area contributed by atoms with E-state index >= 15 is 0 Å². The fourth-order valence-electron chi connectivity index (χ4n) is 6.04. The molecule has 0 aliphatic heterocycles. The number of esters is 1. The molecule has 0 saturated heterocycles. The van der Waals surface area contributed by atoms with Crippen molar-refractivity contribution in [2.45, 2.75) is 72.1 Å². The molecule has 4 atom stereocenters. The number of hydrogen-bond donors (Lipinski definition) is 0. The third-order valence-corrected chi connectivity index (χ3v) is 7.49. The maximum absolute atomic E-state index is 12.5. The molecule has 3 aliphatic rings. The molecule has 0 bridgehead atoms. The van der Waals surface area contributed by atoms with Gasteiger partial charge in [0.25, 0.3) is 0 Å². The average Bonchev–Trinajstić information content (AvgIpc) is 2.53. The molecule has 2 nitrogen and oxygen atoms in total. The summed E-state index contributed by atoms with van der Waals surface area (Å²) in [6.07, 6.45) is 11.3. The fraction of sp³-hybridized carbons (Fsp3) is 0.762. The monoisotopic (exact) mass is 316 g/mol. The van der Waals surface area contributed by atoms with Crippen LogP contribution >= 0.6 is 0 Å². The van der Waals surface area contributed by atoms with Crippen molar-refractivity contribution in [2.75, 3.05) is 7.11 Å². The van der Waals surface area contributed by atoms with E-state index < -0.39 is 0 Å². The van der Waals surface area contributed by atoms with Crippen molar-refractivity contribution in [1.29, 1.82) is 0 Å². The zero-order chi connectivity index (χ0) is 16.9. The molecule has 0 radical (unpaired) electrons. The Morgan fingerprint density at radius 3 is 2.61 bits per heavy atom. The highest BCUT2D eigenvalue weighted by molar-refractivity contribution is 5.77. The summed E-state index contributed by atoms with van der Waals surface area (Å²) in [6, 6.07) is 0. The molecule has 128 valence electrons. The molecule has 2 heteroatoms. The number of carbonyl (C=O) groups is 1. The molecule has 0 aromatic rings. The quantitative estimate of drug-likeness (QED) is 0.501. The molecular weight excluding hydrogens is 284 g/mol. The van der Waals surface area contributed by atoms with E-state index in [1.54, 1.807) is 18.3 Å². The largest absolute Gasteiger partial charge is 0.469 e. The highest BCUT2D eigenvalue weighted by Gasteiger charge is 2.56. The number of ether oxygens (including phenoxy) is 1. The topological polar surface area (TPSA) is 26.3 Å². The molecule has 1 unspecified atom stereocenters. The molecule has 3 aliphatic carbocycles. The van der Waals surface area contributed by atoms with Gasteiger partial charge in [0, 0.05) is 0 Å². The van der Waals surface area contributed by atoms with Crippen LogP contribution in [0.3, 0.4) is 0 Å². The van der Waals surface area contributed by atoms with E-state index in [1.165, 1.54) is 25.7 Å². The van der Waals surface area contributed by atoms with Crippen LogP contribution in [-0.4, -0.2) is 13.1 Å². The predicted molar refractivity (Wildman–Crippen MR) is 94.0 cm³/mol. The van der Waals surface area contributed by atoms with Gasteiger partial charge in [0.2, 0.25) is 0 Å². The summed E-state index contributed by atoms with van der Waals surface area (Å²) >= 11 is 0. The zero-order valence-electron chi connectivity index (χ0n) is 15.3. The molecular formula is C21H32O2. The van der Waals surface area contributed by atoms with Gasteiger partial charge in [0.05, 0.1) is 12.5 Å². The van der Waals surface area contributed by atoms with E-state index in [9.17, 15) is 4.79 Å². The minimum atomic E-state index is -0.306. The van der Waals surface area contributed by atoms with Gasteiger partial charge in [-0.25, -0.2) is 0 Å². The number of hydrogen-bond acceptors (Lipinski definition) is 2. The fourth-order valence-corrected chi connectivity index (χ4v) is 6.04. The van der Waals surface area contributed by atoms with Crippen LogP contribution < -0.4 is 0 Å². The first-order valence-corrected chi connectivity index (χ1v) is 9.22. The first-order valence-electron chi connectivity index (χ1n) is 9.22. The van der Waals surface area contributed by atoms with Crippen molar-refractivity contribution >= 4 is 5.97 Å². The van der Waals surface area contributed by atoms with Gasteiger partial charge in [0.15, 0.2) is 0 Å². The summed E-state index contributed by atoms with van der Waals surface area (Å²) in [5.74, 6) is 0.437. The molecule has 1 fully saturated rings. The van der Waals surface area contributed by atoms with Gasteiger partial charge in [-0.2, -0.15) is 0 Å². The first kappa shape index (κ1) is 16.8. The van der Waals surface area contributed by atoms with Crippen LogP contribution in [0.1, 0.15) is 72.1 Å². The Balaban J connectivity index is 1.99. The zero-order valence-corrected chi connectivity index (χ0v) is 15.3. The van der Waals surface area contributed by atoms with Crippen molar-refractivity contribution in [1.82, 2.24) is 0 Å². The number of methoxy groups -OCH3 is 1. The van der Waals surface area contributed by atoms with Gasteiger partial charge in [-0.15, -0.1) is 6.58 Å². The number of fused-ring (bicyclic) bond motifs is 2. The molecule has 23 heavy (non-hydrogen) atoms. The maximum atomic E-state index is 12.5. The van der Waals surface area contributed by atoms with Gasteiger partial charge >= 0.3 is 5.97 Å². The van der Waals surface area contributed by atoms with Crippen LogP contribution in [0.15, 0.2) is 23.8 Å². The van der Waals surface area contributed by atoms with Crippen molar-refractivity contribution in [3.63, 3.8) is 0 Å². The Bertz CT molecular complexity index is 560. The van der Waals surface area contributed by atoms with E-state index in [2.05, 4.69) is 33.4 Å². The van der Waals surface area contributed by atoms with Gasteiger partial charge in [0.1, 0.15) is 0 Å². The van der Waals surface area contributed by atoms with Crippen LogP contribution in [0.2, 0.25) is 0 Å². The predicted octanol–water partition coefficient (Wildman–Crippen LogP) is 5.44. The Morgan fingerprint density at radius 2 is 1.96 bits per heavy atom. The molecule has 0 aromatic carbocycles. The molecule has 0 amide bonds. The third-order valence-electron chi connectivity index (χ3n) is 7.49. The van der Waals surface area contributed by atoms with E-state index in [0.29, 0.717) is 5.92 Å². The van der Waals surface area contributed by atoms with Crippen LogP contribution in [0, 0.1) is 22.2 Å². The highest BCUT2D eigenvalue weighted by Crippen LogP contribution is 2.63. The van der Waals surface area contributed by atoms with Crippen LogP contribution in [-0.2, 0) is 9.53 Å². The van der Waals surface area contributed by atoms with E-state index in [4.69, 9.17) is 4.74 Å². The second-order valence-electron chi connectivity index (χ2n) is 8.89. The average molecular weight is 316 g/mol. The van der Waals surface area contributed by atoms with Crippen molar-refractivity contribution in [3.8, 4) is 0 Å². The lowest BCUT2D eigenvalue weighted by atomic mass is 9.47. The molecule has 0 N–H and O–H groups in total. The minimum Gasteiger partial charge on any atom is -0.469 e. The summed E-state index contributed by atoms with van der Waals surface area (Å²) in [6.45, 7) is 11.0. The first-order chi connectivity index (χ1) is 10.8. The van der Waals surface area contributed by atoms with Crippen molar-refractivity contribution < 1.29 is 9.53 Å². The smallest absolute Gasteiger partial charge is 0.311 e. The molecule has 0 heterocycles. The Labute approximate surface area is 141 Å². The second kappa shape index (κ2) is 5.50. The van der Waals surface area contributed by atoms with Gasteiger partial charge < -0.3 is 4.74 Å². The second-order valence-corrected chi connectivity index (χ2v) is 8.89. The maximum Gasteiger partial charge on any atom is 0.311 e. The number of rotatable bonds is 2. The summed E-state index contributed by atoms with van der Waals surface area (Å²) in [5.41, 5.74) is 3.51. The Hall–Kier alpha value is -1.05. The van der Waals surface area contributed by atoms with Gasteiger partial charge in [-0.05, 0) is 68.6 Å². The summed E-state index contributed by atoms with van der Waals surface area (Å²) in [4.78, 5) is 12.5. The lowest BCUT2D eigenvalue weighted by molar-refractivity contribution is -0.163. The Morgan fingerprint density at radius 1 is 1.22 bits per heavy atom. The minimum absolute atomic E-state index is 0.00390. The number of carbonyl (C=O) groups excluding carboxylic acids is 1. The highest BCUT2D eigenvalue weighted by atomic mass is 16.5. The lowest BCUT2D eigenvalue weighted by Crippen LogP contribution is -2.51. The lowest BCUT2D eigenvalue weighted by Gasteiger charge is -2.56. The van der Waals surface area contributed by atoms with Crippen molar-refractivity contribution in [2.24, 2.45) is 22.2 Å².